The molecule has 5 rings (SSSR count). The third kappa shape index (κ3) is 6.63. The van der Waals surface area contributed by atoms with Crippen LogP contribution >= 0.6 is 0 Å². The highest BCUT2D eigenvalue weighted by molar-refractivity contribution is 6.04. The van der Waals surface area contributed by atoms with Gasteiger partial charge in [0.1, 0.15) is 12.1 Å². The molecule has 0 aliphatic carbocycles. The number of nitrogens with one attached hydrogen (secondary N) is 2. The van der Waals surface area contributed by atoms with Gasteiger partial charge in [-0.05, 0) is 55.3 Å². The SMILES string of the molecule is COc1cc2c(Nc3ccc(NC(=O)c4ccccc4)c(C)c3)ncnc2cc1OCCCN1CCOCC1. The summed E-state index contributed by atoms with van der Waals surface area (Å²) in [5.74, 6) is 1.79. The Morgan fingerprint density at radius 3 is 2.62 bits per heavy atom. The molecule has 0 bridgehead atoms. The third-order valence-electron chi connectivity index (χ3n) is 6.67. The first-order valence-corrected chi connectivity index (χ1v) is 13.1. The van der Waals surface area contributed by atoms with Crippen molar-refractivity contribution in [3.63, 3.8) is 0 Å². The standard InChI is InChI=1S/C30H33N5O4/c1-21-17-23(9-10-25(21)34-30(36)22-7-4-3-5-8-22)33-29-24-18-27(37-2)28(19-26(24)31-20-32-29)39-14-6-11-35-12-15-38-16-13-35/h3-5,7-10,17-20H,6,11-16H2,1-2H3,(H,34,36)(H,31,32,33). The first-order chi connectivity index (χ1) is 19.1. The minimum Gasteiger partial charge on any atom is -0.493 e. The average molecular weight is 528 g/mol. The van der Waals surface area contributed by atoms with Gasteiger partial charge in [-0.1, -0.05) is 18.2 Å². The number of fused-ring (bicyclic) bond motifs is 1. The fourth-order valence-electron chi connectivity index (χ4n) is 4.53. The number of rotatable bonds is 10. The molecule has 1 aliphatic heterocycles. The van der Waals surface area contributed by atoms with Gasteiger partial charge in [-0.2, -0.15) is 0 Å². The van der Waals surface area contributed by atoms with Crippen LogP contribution in [0.5, 0.6) is 11.5 Å². The number of aromatic nitrogens is 2. The van der Waals surface area contributed by atoms with Gasteiger partial charge in [0.25, 0.3) is 5.91 Å². The summed E-state index contributed by atoms with van der Waals surface area (Å²) >= 11 is 0. The summed E-state index contributed by atoms with van der Waals surface area (Å²) < 4.78 is 17.1. The van der Waals surface area contributed by atoms with Gasteiger partial charge in [-0.25, -0.2) is 9.97 Å². The number of methoxy groups -OCH3 is 1. The Morgan fingerprint density at radius 1 is 1.03 bits per heavy atom. The van der Waals surface area contributed by atoms with E-state index in [0.717, 1.165) is 67.1 Å². The van der Waals surface area contributed by atoms with Crippen LogP contribution in [0.1, 0.15) is 22.3 Å². The number of ether oxygens (including phenoxy) is 3. The Hall–Kier alpha value is -4.21. The van der Waals surface area contributed by atoms with Crippen molar-refractivity contribution in [1.82, 2.24) is 14.9 Å². The number of anilines is 3. The number of aryl methyl sites for hydroxylation is 1. The number of carbonyl (C=O) groups excluding carboxylic acids is 1. The molecule has 1 fully saturated rings. The van der Waals surface area contributed by atoms with E-state index in [9.17, 15) is 4.79 Å². The normalized spacial score (nSPS) is 13.7. The third-order valence-corrected chi connectivity index (χ3v) is 6.67. The van der Waals surface area contributed by atoms with Crippen LogP contribution in [-0.4, -0.2) is 67.3 Å². The summed E-state index contributed by atoms with van der Waals surface area (Å²) in [5, 5.41) is 7.17. The van der Waals surface area contributed by atoms with Crippen molar-refractivity contribution in [2.24, 2.45) is 0 Å². The van der Waals surface area contributed by atoms with E-state index in [2.05, 4.69) is 25.5 Å². The van der Waals surface area contributed by atoms with Crippen molar-refractivity contribution in [1.29, 1.82) is 0 Å². The summed E-state index contributed by atoms with van der Waals surface area (Å²) in [5.41, 5.74) is 3.88. The molecule has 1 saturated heterocycles. The smallest absolute Gasteiger partial charge is 0.255 e. The highest BCUT2D eigenvalue weighted by atomic mass is 16.5. The number of hydrogen-bond acceptors (Lipinski definition) is 8. The van der Waals surface area contributed by atoms with E-state index in [1.54, 1.807) is 19.2 Å². The molecule has 1 aromatic heterocycles. The number of benzene rings is 3. The Morgan fingerprint density at radius 2 is 1.85 bits per heavy atom. The maximum absolute atomic E-state index is 12.6. The lowest BCUT2D eigenvalue weighted by Gasteiger charge is -2.26. The second-order valence-corrected chi connectivity index (χ2v) is 9.37. The zero-order valence-electron chi connectivity index (χ0n) is 22.3. The molecule has 9 heteroatoms. The van der Waals surface area contributed by atoms with Gasteiger partial charge in [0.15, 0.2) is 11.5 Å². The summed E-state index contributed by atoms with van der Waals surface area (Å²) in [4.78, 5) is 23.9. The van der Waals surface area contributed by atoms with Gasteiger partial charge in [-0.15, -0.1) is 0 Å². The van der Waals surface area contributed by atoms with Crippen LogP contribution < -0.4 is 20.1 Å². The molecule has 0 unspecified atom stereocenters. The lowest BCUT2D eigenvalue weighted by molar-refractivity contribution is 0.0357. The quantitative estimate of drug-likeness (QED) is 0.277. The Balaban J connectivity index is 1.27. The monoisotopic (exact) mass is 527 g/mol. The molecule has 0 saturated carbocycles. The van der Waals surface area contributed by atoms with E-state index in [0.29, 0.717) is 29.5 Å². The number of amides is 1. The first kappa shape index (κ1) is 26.4. The van der Waals surface area contributed by atoms with E-state index < -0.39 is 0 Å². The summed E-state index contributed by atoms with van der Waals surface area (Å²) in [6, 6.07) is 18.7. The van der Waals surface area contributed by atoms with E-state index in [-0.39, 0.29) is 5.91 Å². The minimum atomic E-state index is -0.146. The van der Waals surface area contributed by atoms with Crippen LogP contribution in [0.4, 0.5) is 17.2 Å². The molecule has 1 aliphatic rings. The maximum Gasteiger partial charge on any atom is 0.255 e. The maximum atomic E-state index is 12.6. The molecule has 39 heavy (non-hydrogen) atoms. The molecule has 4 aromatic rings. The molecule has 1 amide bonds. The molecule has 2 N–H and O–H groups in total. The van der Waals surface area contributed by atoms with Crippen molar-refractivity contribution in [2.45, 2.75) is 13.3 Å². The van der Waals surface area contributed by atoms with E-state index in [4.69, 9.17) is 14.2 Å². The van der Waals surface area contributed by atoms with Crippen LogP contribution in [0.15, 0.2) is 67.0 Å². The van der Waals surface area contributed by atoms with Crippen LogP contribution in [0, 0.1) is 6.92 Å². The van der Waals surface area contributed by atoms with Crippen LogP contribution in [-0.2, 0) is 4.74 Å². The fourth-order valence-corrected chi connectivity index (χ4v) is 4.53. The summed E-state index contributed by atoms with van der Waals surface area (Å²) in [7, 11) is 1.63. The van der Waals surface area contributed by atoms with Gasteiger partial charge in [0.2, 0.25) is 0 Å². The molecule has 202 valence electrons. The molecular formula is C30H33N5O4. The van der Waals surface area contributed by atoms with Crippen molar-refractivity contribution in [3.05, 3.63) is 78.1 Å². The Labute approximate surface area is 228 Å². The van der Waals surface area contributed by atoms with Gasteiger partial charge < -0.3 is 24.8 Å². The number of carbonyl (C=O) groups is 1. The van der Waals surface area contributed by atoms with E-state index >= 15 is 0 Å². The Kier molecular flexibility index (Phi) is 8.50. The van der Waals surface area contributed by atoms with Crippen LogP contribution in [0.2, 0.25) is 0 Å². The van der Waals surface area contributed by atoms with Gasteiger partial charge >= 0.3 is 0 Å². The highest BCUT2D eigenvalue weighted by Crippen LogP contribution is 2.35. The number of morpholine rings is 1. The molecule has 0 radical (unpaired) electrons. The minimum absolute atomic E-state index is 0.146. The molecule has 3 aromatic carbocycles. The molecule has 0 atom stereocenters. The van der Waals surface area contributed by atoms with Crippen molar-refractivity contribution < 1.29 is 19.0 Å². The van der Waals surface area contributed by atoms with Crippen molar-refractivity contribution in [3.8, 4) is 11.5 Å². The topological polar surface area (TPSA) is 97.8 Å². The largest absolute Gasteiger partial charge is 0.493 e. The second kappa shape index (κ2) is 12.6. The zero-order chi connectivity index (χ0) is 27.0. The number of hydrogen-bond donors (Lipinski definition) is 2. The molecule has 0 spiro atoms. The first-order valence-electron chi connectivity index (χ1n) is 13.1. The zero-order valence-corrected chi connectivity index (χ0v) is 22.3. The predicted molar refractivity (Wildman–Crippen MR) is 152 cm³/mol. The lowest BCUT2D eigenvalue weighted by atomic mass is 10.1. The van der Waals surface area contributed by atoms with Crippen molar-refractivity contribution in [2.75, 3.05) is 57.2 Å². The van der Waals surface area contributed by atoms with Gasteiger partial charge in [0, 0.05) is 48.0 Å². The van der Waals surface area contributed by atoms with Crippen LogP contribution in [0.25, 0.3) is 10.9 Å². The van der Waals surface area contributed by atoms with Gasteiger partial charge in [-0.3, -0.25) is 9.69 Å². The van der Waals surface area contributed by atoms with Crippen LogP contribution in [0.3, 0.4) is 0 Å². The molecule has 9 nitrogen and oxygen atoms in total. The predicted octanol–water partition coefficient (Wildman–Crippen LogP) is 5.04. The van der Waals surface area contributed by atoms with E-state index in [1.165, 1.54) is 6.33 Å². The molecule has 2 heterocycles. The summed E-state index contributed by atoms with van der Waals surface area (Å²) in [6.07, 6.45) is 2.44. The highest BCUT2D eigenvalue weighted by Gasteiger charge is 2.14. The molecular weight excluding hydrogens is 494 g/mol. The lowest BCUT2D eigenvalue weighted by Crippen LogP contribution is -2.37. The van der Waals surface area contributed by atoms with E-state index in [1.807, 2.05) is 55.5 Å². The fraction of sp³-hybridized carbons (Fsp3) is 0.300. The Bertz CT molecular complexity index is 1420. The second-order valence-electron chi connectivity index (χ2n) is 9.37. The van der Waals surface area contributed by atoms with Crippen molar-refractivity contribution >= 4 is 34.0 Å². The average Bonchev–Trinajstić information content (AvgIpc) is 2.97. The summed E-state index contributed by atoms with van der Waals surface area (Å²) in [6.45, 7) is 7.04. The number of nitrogens with zero attached hydrogens (tertiary/aromatic N) is 3. The van der Waals surface area contributed by atoms with Gasteiger partial charge in [0.05, 0.1) is 32.4 Å².